The molecule has 94 valence electrons. The van der Waals surface area contributed by atoms with Gasteiger partial charge in [0.2, 0.25) is 10.0 Å². The van der Waals surface area contributed by atoms with E-state index in [1.54, 1.807) is 19.9 Å². The molecule has 8 heteroatoms. The highest BCUT2D eigenvalue weighted by Gasteiger charge is 2.16. The van der Waals surface area contributed by atoms with Crippen LogP contribution in [0.2, 0.25) is 0 Å². The molecule has 0 atom stereocenters. The summed E-state index contributed by atoms with van der Waals surface area (Å²) in [6.07, 6.45) is 0. The maximum atomic E-state index is 11.4. The molecule has 0 radical (unpaired) electrons. The molecule has 6 nitrogen and oxygen atoms in total. The first-order valence-corrected chi connectivity index (χ1v) is 7.36. The minimum atomic E-state index is -3.51. The Morgan fingerprint density at radius 3 is 2.41 bits per heavy atom. The van der Waals surface area contributed by atoms with Crippen LogP contribution in [0.15, 0.2) is 12.1 Å². The number of nitro groups is 1. The maximum absolute atomic E-state index is 11.4. The fourth-order valence-corrected chi connectivity index (χ4v) is 2.30. The molecule has 0 fully saturated rings. The Morgan fingerprint density at radius 1 is 1.35 bits per heavy atom. The van der Waals surface area contributed by atoms with Gasteiger partial charge in [0.05, 0.1) is 10.6 Å². The minimum absolute atomic E-state index is 0.108. The molecule has 0 spiro atoms. The van der Waals surface area contributed by atoms with Gasteiger partial charge in [-0.05, 0) is 25.5 Å². The number of halogens is 1. The maximum Gasteiger partial charge on any atom is 0.274 e. The quantitative estimate of drug-likeness (QED) is 0.523. The number of rotatable bonds is 4. The lowest BCUT2D eigenvalue weighted by Gasteiger charge is -2.09. The number of sulfonamides is 1. The van der Waals surface area contributed by atoms with Gasteiger partial charge in [0.15, 0.2) is 0 Å². The standard InChI is InChI=1S/C9H11BrN2O4S/c1-6-3-7(2)9(12(13)14)4-8(6)11-17(15,16)5-10/h3-4,11H,5H2,1-2H3. The van der Waals surface area contributed by atoms with Gasteiger partial charge in [0.1, 0.15) is 4.66 Å². The summed E-state index contributed by atoms with van der Waals surface area (Å²) in [6.45, 7) is 3.29. The molecule has 0 bridgehead atoms. The highest BCUT2D eigenvalue weighted by Crippen LogP contribution is 2.27. The van der Waals surface area contributed by atoms with Crippen molar-refractivity contribution in [3.05, 3.63) is 33.4 Å². The number of hydrogen-bond acceptors (Lipinski definition) is 4. The van der Waals surface area contributed by atoms with Crippen LogP contribution in [0, 0.1) is 24.0 Å². The van der Waals surface area contributed by atoms with E-state index in [1.807, 2.05) is 0 Å². The van der Waals surface area contributed by atoms with Gasteiger partial charge in [-0.15, -0.1) is 0 Å². The van der Waals surface area contributed by atoms with E-state index in [0.717, 1.165) is 0 Å². The number of alkyl halides is 1. The zero-order chi connectivity index (χ0) is 13.2. The van der Waals surface area contributed by atoms with Crippen LogP contribution in [0.25, 0.3) is 0 Å². The Hall–Kier alpha value is -1.15. The Kier molecular flexibility index (Phi) is 4.10. The van der Waals surface area contributed by atoms with E-state index in [4.69, 9.17) is 0 Å². The minimum Gasteiger partial charge on any atom is -0.282 e. The van der Waals surface area contributed by atoms with Crippen LogP contribution in [0.3, 0.4) is 0 Å². The Bertz CT molecular complexity index is 556. The number of anilines is 1. The van der Waals surface area contributed by atoms with Crippen molar-refractivity contribution in [1.29, 1.82) is 0 Å². The summed E-state index contributed by atoms with van der Waals surface area (Å²) in [7, 11) is -3.51. The smallest absolute Gasteiger partial charge is 0.274 e. The third-order valence-electron chi connectivity index (χ3n) is 2.15. The molecule has 0 aliphatic carbocycles. The molecule has 1 aromatic rings. The first-order chi connectivity index (χ1) is 7.76. The van der Waals surface area contributed by atoms with E-state index in [1.165, 1.54) is 6.07 Å². The van der Waals surface area contributed by atoms with E-state index in [0.29, 0.717) is 11.1 Å². The molecular weight excluding hydrogens is 312 g/mol. The summed E-state index contributed by atoms with van der Waals surface area (Å²) in [6, 6.07) is 2.80. The molecule has 17 heavy (non-hydrogen) atoms. The molecule has 0 unspecified atom stereocenters. The average Bonchev–Trinajstić information content (AvgIpc) is 2.21. The van der Waals surface area contributed by atoms with Gasteiger partial charge in [-0.1, -0.05) is 15.9 Å². The molecule has 1 N–H and O–H groups in total. The molecule has 0 saturated carbocycles. The fourth-order valence-electron chi connectivity index (χ4n) is 1.34. The highest BCUT2D eigenvalue weighted by atomic mass is 79.9. The van der Waals surface area contributed by atoms with Gasteiger partial charge in [0.25, 0.3) is 5.69 Å². The Morgan fingerprint density at radius 2 is 1.94 bits per heavy atom. The Balaban J connectivity index is 3.26. The lowest BCUT2D eigenvalue weighted by Crippen LogP contribution is -2.14. The number of nitro benzene ring substituents is 1. The van der Waals surface area contributed by atoms with E-state index >= 15 is 0 Å². The second-order valence-corrected chi connectivity index (χ2v) is 6.56. The summed E-state index contributed by atoms with van der Waals surface area (Å²) >= 11 is 2.83. The van der Waals surface area contributed by atoms with Crippen molar-refractivity contribution in [2.24, 2.45) is 0 Å². The van der Waals surface area contributed by atoms with Crippen LogP contribution in [0.4, 0.5) is 11.4 Å². The van der Waals surface area contributed by atoms with Gasteiger partial charge >= 0.3 is 0 Å². The van der Waals surface area contributed by atoms with Crippen molar-refractivity contribution >= 4 is 37.3 Å². The molecular formula is C9H11BrN2O4S. The van der Waals surface area contributed by atoms with Crippen molar-refractivity contribution in [2.75, 3.05) is 9.38 Å². The van der Waals surface area contributed by atoms with Gasteiger partial charge in [-0.3, -0.25) is 14.8 Å². The first kappa shape index (κ1) is 13.9. The number of nitrogens with zero attached hydrogens (tertiary/aromatic N) is 1. The molecule has 0 aliphatic heterocycles. The summed E-state index contributed by atoms with van der Waals surface area (Å²) in [5, 5.41) is 10.7. The average molecular weight is 323 g/mol. The molecule has 0 aromatic heterocycles. The van der Waals surface area contributed by atoms with E-state index in [9.17, 15) is 18.5 Å². The molecule has 1 rings (SSSR count). The van der Waals surface area contributed by atoms with Crippen LogP contribution < -0.4 is 4.72 Å². The monoisotopic (exact) mass is 322 g/mol. The van der Waals surface area contributed by atoms with Crippen LogP contribution >= 0.6 is 15.9 Å². The first-order valence-electron chi connectivity index (χ1n) is 4.59. The molecule has 0 heterocycles. The molecule has 0 amide bonds. The normalized spacial score (nSPS) is 11.2. The number of hydrogen-bond donors (Lipinski definition) is 1. The third kappa shape index (κ3) is 3.40. The largest absolute Gasteiger partial charge is 0.282 e. The van der Waals surface area contributed by atoms with E-state index in [-0.39, 0.29) is 16.0 Å². The zero-order valence-electron chi connectivity index (χ0n) is 9.23. The lowest BCUT2D eigenvalue weighted by molar-refractivity contribution is -0.385. The third-order valence-corrected chi connectivity index (χ3v) is 4.78. The number of nitrogens with one attached hydrogen (secondary N) is 1. The van der Waals surface area contributed by atoms with Crippen LogP contribution in [0.1, 0.15) is 11.1 Å². The van der Waals surface area contributed by atoms with Crippen molar-refractivity contribution < 1.29 is 13.3 Å². The highest BCUT2D eigenvalue weighted by molar-refractivity contribution is 9.10. The Labute approximate surface area is 107 Å². The zero-order valence-corrected chi connectivity index (χ0v) is 11.6. The predicted octanol–water partition coefficient (Wildman–Crippen LogP) is 2.31. The van der Waals surface area contributed by atoms with Crippen LogP contribution in [-0.4, -0.2) is 18.0 Å². The summed E-state index contributed by atoms with van der Waals surface area (Å²) < 4.78 is 24.7. The van der Waals surface area contributed by atoms with Crippen molar-refractivity contribution in [3.63, 3.8) is 0 Å². The predicted molar refractivity (Wildman–Crippen MR) is 68.9 cm³/mol. The molecule has 0 aliphatic rings. The van der Waals surface area contributed by atoms with E-state index < -0.39 is 14.9 Å². The topological polar surface area (TPSA) is 89.3 Å². The van der Waals surface area contributed by atoms with Crippen molar-refractivity contribution in [2.45, 2.75) is 13.8 Å². The SMILES string of the molecule is Cc1cc(C)c([N+](=O)[O-])cc1NS(=O)(=O)CBr. The van der Waals surface area contributed by atoms with Gasteiger partial charge < -0.3 is 0 Å². The summed E-state index contributed by atoms with van der Waals surface area (Å²) in [5.74, 6) is 0. The lowest BCUT2D eigenvalue weighted by atomic mass is 10.1. The summed E-state index contributed by atoms with van der Waals surface area (Å²) in [5.41, 5.74) is 1.25. The second-order valence-electron chi connectivity index (χ2n) is 3.54. The molecule has 1 aromatic carbocycles. The fraction of sp³-hybridized carbons (Fsp3) is 0.333. The number of aryl methyl sites for hydroxylation is 2. The second kappa shape index (κ2) is 5.01. The molecule has 0 saturated heterocycles. The number of benzene rings is 1. The van der Waals surface area contributed by atoms with Gasteiger partial charge in [0, 0.05) is 11.6 Å². The van der Waals surface area contributed by atoms with Crippen LogP contribution in [0.5, 0.6) is 0 Å². The van der Waals surface area contributed by atoms with Gasteiger partial charge in [-0.25, -0.2) is 8.42 Å². The van der Waals surface area contributed by atoms with Crippen molar-refractivity contribution in [1.82, 2.24) is 0 Å². The van der Waals surface area contributed by atoms with Crippen LogP contribution in [-0.2, 0) is 10.0 Å². The summed E-state index contributed by atoms with van der Waals surface area (Å²) in [4.78, 5) is 10.2. The van der Waals surface area contributed by atoms with E-state index in [2.05, 4.69) is 20.7 Å². The van der Waals surface area contributed by atoms with Crippen molar-refractivity contribution in [3.8, 4) is 0 Å². The van der Waals surface area contributed by atoms with Gasteiger partial charge in [-0.2, -0.15) is 0 Å².